The van der Waals surface area contributed by atoms with Gasteiger partial charge in [-0.1, -0.05) is 44.0 Å². The number of aromatic nitrogens is 1. The summed E-state index contributed by atoms with van der Waals surface area (Å²) < 4.78 is 6.16. The van der Waals surface area contributed by atoms with Crippen molar-refractivity contribution in [1.29, 1.82) is 0 Å². The van der Waals surface area contributed by atoms with Gasteiger partial charge < -0.3 is 10.1 Å². The average Bonchev–Trinajstić information content (AvgIpc) is 2.53. The van der Waals surface area contributed by atoms with Crippen LogP contribution in [0.25, 0.3) is 0 Å². The minimum absolute atomic E-state index is 0.222. The summed E-state index contributed by atoms with van der Waals surface area (Å²) in [6.07, 6.45) is 1.51. The van der Waals surface area contributed by atoms with Gasteiger partial charge in [-0.05, 0) is 24.3 Å². The normalized spacial score (nSPS) is 11.6. The molecule has 1 atom stereocenters. The van der Waals surface area contributed by atoms with Gasteiger partial charge in [-0.15, -0.1) is 0 Å². The monoisotopic (exact) mass is 426 g/mol. The Balaban J connectivity index is 2.36. The molecule has 1 aromatic carbocycles. The number of benzene rings is 1. The van der Waals surface area contributed by atoms with E-state index in [1.54, 1.807) is 30.3 Å². The zero-order valence-electron chi connectivity index (χ0n) is 11.5. The van der Waals surface area contributed by atoms with E-state index in [2.05, 4.69) is 42.2 Å². The van der Waals surface area contributed by atoms with E-state index in [-0.39, 0.29) is 5.69 Å². The number of nitrogens with one attached hydrogen (secondary N) is 1. The molecule has 0 aliphatic carbocycles. The minimum Gasteiger partial charge on any atom is -0.467 e. The standard InChI is InChI=1S/C15H12Br2N2O3/c1-22-15(21)13(12-9(16)5-4-6-10(12)17)19-14(20)11-7-2-3-8-18-11/h2-8,13H,1H3,(H,19,20). The topological polar surface area (TPSA) is 68.3 Å². The van der Waals surface area contributed by atoms with Crippen molar-refractivity contribution in [2.24, 2.45) is 0 Å². The molecule has 114 valence electrons. The molecule has 0 saturated carbocycles. The lowest BCUT2D eigenvalue weighted by Gasteiger charge is -2.19. The first-order valence-corrected chi connectivity index (χ1v) is 7.87. The van der Waals surface area contributed by atoms with Crippen LogP contribution in [0.4, 0.5) is 0 Å². The van der Waals surface area contributed by atoms with E-state index in [9.17, 15) is 9.59 Å². The molecule has 22 heavy (non-hydrogen) atoms. The fourth-order valence-corrected chi connectivity index (χ4v) is 3.31. The molecule has 1 amide bonds. The summed E-state index contributed by atoms with van der Waals surface area (Å²) in [6.45, 7) is 0. The van der Waals surface area contributed by atoms with Crippen molar-refractivity contribution >= 4 is 43.7 Å². The van der Waals surface area contributed by atoms with Crippen molar-refractivity contribution in [3.05, 3.63) is 62.8 Å². The van der Waals surface area contributed by atoms with Crippen LogP contribution in [-0.4, -0.2) is 24.0 Å². The zero-order chi connectivity index (χ0) is 16.1. The van der Waals surface area contributed by atoms with Gasteiger partial charge >= 0.3 is 5.97 Å². The highest BCUT2D eigenvalue weighted by Gasteiger charge is 2.28. The molecular formula is C15H12Br2N2O3. The number of hydrogen-bond acceptors (Lipinski definition) is 4. The van der Waals surface area contributed by atoms with Crippen LogP contribution in [0, 0.1) is 0 Å². The summed E-state index contributed by atoms with van der Waals surface area (Å²) in [4.78, 5) is 28.3. The Morgan fingerprint density at radius 2 is 1.82 bits per heavy atom. The van der Waals surface area contributed by atoms with Crippen LogP contribution >= 0.6 is 31.9 Å². The number of ether oxygens (including phenoxy) is 1. The van der Waals surface area contributed by atoms with E-state index >= 15 is 0 Å². The van der Waals surface area contributed by atoms with Crippen LogP contribution < -0.4 is 5.32 Å². The Bertz CT molecular complexity index is 672. The number of amides is 1. The highest BCUT2D eigenvalue weighted by molar-refractivity contribution is 9.11. The second-order valence-corrected chi connectivity index (χ2v) is 5.99. The maximum absolute atomic E-state index is 12.3. The summed E-state index contributed by atoms with van der Waals surface area (Å²) in [5.74, 6) is -1.03. The summed E-state index contributed by atoms with van der Waals surface area (Å²) in [6, 6.07) is 9.39. The lowest BCUT2D eigenvalue weighted by molar-refractivity contribution is -0.143. The maximum Gasteiger partial charge on any atom is 0.333 e. The highest BCUT2D eigenvalue weighted by Crippen LogP contribution is 2.31. The Morgan fingerprint density at radius 1 is 1.14 bits per heavy atom. The Morgan fingerprint density at radius 3 is 2.36 bits per heavy atom. The first kappa shape index (κ1) is 16.6. The summed E-state index contributed by atoms with van der Waals surface area (Å²) in [5, 5.41) is 2.65. The van der Waals surface area contributed by atoms with Crippen LogP contribution in [0.15, 0.2) is 51.5 Å². The van der Waals surface area contributed by atoms with Gasteiger partial charge in [-0.25, -0.2) is 4.79 Å². The number of pyridine rings is 1. The first-order chi connectivity index (χ1) is 10.5. The molecule has 1 heterocycles. The second kappa shape index (κ2) is 7.51. The SMILES string of the molecule is COC(=O)C(NC(=O)c1ccccn1)c1c(Br)cccc1Br. The first-order valence-electron chi connectivity index (χ1n) is 6.28. The van der Waals surface area contributed by atoms with Gasteiger partial charge in [0.2, 0.25) is 0 Å². The number of carbonyl (C=O) groups excluding carboxylic acids is 2. The molecule has 0 fully saturated rings. The number of nitrogens with zero attached hydrogens (tertiary/aromatic N) is 1. The Labute approximate surface area is 144 Å². The van der Waals surface area contributed by atoms with E-state index in [0.29, 0.717) is 14.5 Å². The highest BCUT2D eigenvalue weighted by atomic mass is 79.9. The van der Waals surface area contributed by atoms with Gasteiger partial charge in [0, 0.05) is 20.7 Å². The van der Waals surface area contributed by atoms with Crippen molar-refractivity contribution in [2.45, 2.75) is 6.04 Å². The molecule has 0 aliphatic rings. The molecule has 7 heteroatoms. The predicted octanol–water partition coefficient (Wildman–Crippen LogP) is 3.25. The zero-order valence-corrected chi connectivity index (χ0v) is 14.7. The molecule has 0 radical (unpaired) electrons. The van der Waals surface area contributed by atoms with Gasteiger partial charge in [0.25, 0.3) is 5.91 Å². The predicted molar refractivity (Wildman–Crippen MR) is 88.3 cm³/mol. The summed E-state index contributed by atoms with van der Waals surface area (Å²) >= 11 is 6.77. The quantitative estimate of drug-likeness (QED) is 0.760. The largest absolute Gasteiger partial charge is 0.467 e. The third kappa shape index (κ3) is 3.72. The molecule has 1 aromatic heterocycles. The number of methoxy groups -OCH3 is 1. The van der Waals surface area contributed by atoms with Gasteiger partial charge in [0.15, 0.2) is 6.04 Å². The van der Waals surface area contributed by atoms with Crippen LogP contribution in [-0.2, 0) is 9.53 Å². The molecular weight excluding hydrogens is 416 g/mol. The second-order valence-electron chi connectivity index (χ2n) is 4.28. The number of rotatable bonds is 4. The molecule has 0 aliphatic heterocycles. The van der Waals surface area contributed by atoms with Crippen LogP contribution in [0.2, 0.25) is 0 Å². The molecule has 1 N–H and O–H groups in total. The van der Waals surface area contributed by atoms with Crippen molar-refractivity contribution in [1.82, 2.24) is 10.3 Å². The average molecular weight is 428 g/mol. The van der Waals surface area contributed by atoms with E-state index in [1.165, 1.54) is 13.3 Å². The minimum atomic E-state index is -0.954. The third-order valence-electron chi connectivity index (χ3n) is 2.90. The van der Waals surface area contributed by atoms with Gasteiger partial charge in [-0.3, -0.25) is 9.78 Å². The molecule has 2 aromatic rings. The summed E-state index contributed by atoms with van der Waals surface area (Å²) in [7, 11) is 1.27. The lowest BCUT2D eigenvalue weighted by Crippen LogP contribution is -2.35. The van der Waals surface area contributed by atoms with E-state index in [0.717, 1.165) is 0 Å². The molecule has 5 nitrogen and oxygen atoms in total. The number of hydrogen-bond donors (Lipinski definition) is 1. The molecule has 0 saturated heterocycles. The van der Waals surface area contributed by atoms with Crippen LogP contribution in [0.5, 0.6) is 0 Å². The molecule has 0 spiro atoms. The lowest BCUT2D eigenvalue weighted by atomic mass is 10.1. The van der Waals surface area contributed by atoms with Crippen LogP contribution in [0.3, 0.4) is 0 Å². The molecule has 0 bridgehead atoms. The third-order valence-corrected chi connectivity index (χ3v) is 4.28. The Hall–Kier alpha value is -1.73. The van der Waals surface area contributed by atoms with Crippen molar-refractivity contribution < 1.29 is 14.3 Å². The van der Waals surface area contributed by atoms with Crippen molar-refractivity contribution in [3.8, 4) is 0 Å². The summed E-state index contributed by atoms with van der Waals surface area (Å²) in [5.41, 5.74) is 0.804. The van der Waals surface area contributed by atoms with E-state index in [4.69, 9.17) is 4.74 Å². The van der Waals surface area contributed by atoms with Gasteiger partial charge in [0.1, 0.15) is 5.69 Å². The van der Waals surface area contributed by atoms with Crippen LogP contribution in [0.1, 0.15) is 22.1 Å². The molecule has 1 unspecified atom stereocenters. The fraction of sp³-hybridized carbons (Fsp3) is 0.133. The van der Waals surface area contributed by atoms with E-state index in [1.807, 2.05) is 6.07 Å². The van der Waals surface area contributed by atoms with Gasteiger partial charge in [0.05, 0.1) is 7.11 Å². The van der Waals surface area contributed by atoms with Crippen molar-refractivity contribution in [2.75, 3.05) is 7.11 Å². The van der Waals surface area contributed by atoms with Crippen molar-refractivity contribution in [3.63, 3.8) is 0 Å². The smallest absolute Gasteiger partial charge is 0.333 e. The molecule has 2 rings (SSSR count). The maximum atomic E-state index is 12.3. The van der Waals surface area contributed by atoms with Gasteiger partial charge in [-0.2, -0.15) is 0 Å². The van der Waals surface area contributed by atoms with E-state index < -0.39 is 17.9 Å². The number of carbonyl (C=O) groups is 2. The number of halogens is 2. The number of esters is 1. The Kier molecular flexibility index (Phi) is 5.68. The fourth-order valence-electron chi connectivity index (χ4n) is 1.86.